The summed E-state index contributed by atoms with van der Waals surface area (Å²) in [7, 11) is 0. The zero-order valence-electron chi connectivity index (χ0n) is 8.35. The maximum absolute atomic E-state index is 5.62. The second-order valence-corrected chi connectivity index (χ2v) is 4.15. The lowest BCUT2D eigenvalue weighted by molar-refractivity contribution is 0.219. The zero-order valence-corrected chi connectivity index (χ0v) is 9.94. The van der Waals surface area contributed by atoms with Gasteiger partial charge in [0.05, 0.1) is 10.7 Å². The zero-order chi connectivity index (χ0) is 10.7. The van der Waals surface area contributed by atoms with Crippen molar-refractivity contribution in [2.24, 2.45) is 0 Å². The van der Waals surface area contributed by atoms with Crippen molar-refractivity contribution < 1.29 is 4.74 Å². The fourth-order valence-electron chi connectivity index (χ4n) is 1.26. The average molecular weight is 267 g/mol. The first-order chi connectivity index (χ1) is 7.25. The Balaban J connectivity index is 2.02. The van der Waals surface area contributed by atoms with Gasteiger partial charge in [-0.1, -0.05) is 18.2 Å². The van der Waals surface area contributed by atoms with Crippen molar-refractivity contribution in [1.29, 1.82) is 0 Å². The highest BCUT2D eigenvalue weighted by atomic mass is 79.9. The Kier molecular flexibility index (Phi) is 3.06. The Labute approximate surface area is 96.8 Å². The van der Waals surface area contributed by atoms with Crippen molar-refractivity contribution in [3.63, 3.8) is 0 Å². The quantitative estimate of drug-likeness (QED) is 0.854. The Hall–Kier alpha value is -1.29. The van der Waals surface area contributed by atoms with Crippen LogP contribution in [0.2, 0.25) is 0 Å². The van der Waals surface area contributed by atoms with Gasteiger partial charge in [0.2, 0.25) is 0 Å². The van der Waals surface area contributed by atoms with E-state index in [9.17, 15) is 0 Å². The fraction of sp³-hybridized carbons (Fsp3) is 0.182. The maximum atomic E-state index is 5.62. The first-order valence-electron chi connectivity index (χ1n) is 4.62. The van der Waals surface area contributed by atoms with E-state index in [0.29, 0.717) is 6.73 Å². The summed E-state index contributed by atoms with van der Waals surface area (Å²) in [5, 5.41) is 4.11. The van der Waals surface area contributed by atoms with Crippen molar-refractivity contribution in [2.75, 3.05) is 0 Å². The Morgan fingerprint density at radius 2 is 2.20 bits per heavy atom. The molecule has 0 amide bonds. The number of para-hydroxylation sites is 1. The van der Waals surface area contributed by atoms with Gasteiger partial charge in [0.1, 0.15) is 5.75 Å². The van der Waals surface area contributed by atoms with Crippen LogP contribution in [0.15, 0.2) is 41.1 Å². The predicted molar refractivity (Wildman–Crippen MR) is 61.7 cm³/mol. The number of benzene rings is 1. The number of aromatic nitrogens is 2. The van der Waals surface area contributed by atoms with E-state index in [-0.39, 0.29) is 0 Å². The Bertz CT molecular complexity index is 453. The number of rotatable bonds is 3. The van der Waals surface area contributed by atoms with Gasteiger partial charge in [-0.3, -0.25) is 0 Å². The van der Waals surface area contributed by atoms with Crippen molar-refractivity contribution in [1.82, 2.24) is 9.78 Å². The maximum Gasteiger partial charge on any atom is 0.180 e. The van der Waals surface area contributed by atoms with Crippen LogP contribution in [-0.2, 0) is 6.73 Å². The summed E-state index contributed by atoms with van der Waals surface area (Å²) < 4.78 is 8.30. The highest BCUT2D eigenvalue weighted by Gasteiger charge is 1.99. The third-order valence-electron chi connectivity index (χ3n) is 2.05. The molecule has 0 saturated heterocycles. The molecular weight excluding hydrogens is 256 g/mol. The number of halogens is 1. The Morgan fingerprint density at radius 3 is 2.87 bits per heavy atom. The van der Waals surface area contributed by atoms with E-state index in [1.165, 1.54) is 0 Å². The minimum Gasteiger partial charge on any atom is -0.471 e. The van der Waals surface area contributed by atoms with E-state index in [4.69, 9.17) is 4.74 Å². The molecule has 78 valence electrons. The predicted octanol–water partition coefficient (Wildman–Crippen LogP) is 2.99. The molecule has 1 aromatic carbocycles. The van der Waals surface area contributed by atoms with Gasteiger partial charge in [-0.15, -0.1) is 0 Å². The third-order valence-corrected chi connectivity index (χ3v) is 2.46. The summed E-state index contributed by atoms with van der Waals surface area (Å²) in [4.78, 5) is 0. The van der Waals surface area contributed by atoms with Gasteiger partial charge in [0.25, 0.3) is 0 Å². The summed E-state index contributed by atoms with van der Waals surface area (Å²) in [6.07, 6.45) is 3.61. The molecule has 0 atom stereocenters. The van der Waals surface area contributed by atoms with Gasteiger partial charge in [0.15, 0.2) is 6.73 Å². The lowest BCUT2D eigenvalue weighted by atomic mass is 10.2. The van der Waals surface area contributed by atoms with E-state index in [1.54, 1.807) is 10.9 Å². The Morgan fingerprint density at radius 1 is 1.40 bits per heavy atom. The molecule has 0 N–H and O–H groups in total. The first-order valence-corrected chi connectivity index (χ1v) is 5.41. The van der Waals surface area contributed by atoms with E-state index >= 15 is 0 Å². The molecule has 4 heteroatoms. The number of nitrogens with zero attached hydrogens (tertiary/aromatic N) is 2. The molecule has 0 bridgehead atoms. The number of ether oxygens (including phenoxy) is 1. The van der Waals surface area contributed by atoms with Crippen LogP contribution < -0.4 is 4.74 Å². The topological polar surface area (TPSA) is 27.1 Å². The fourth-order valence-corrected chi connectivity index (χ4v) is 1.59. The molecular formula is C11H11BrN2O. The van der Waals surface area contributed by atoms with Crippen LogP contribution >= 0.6 is 15.9 Å². The molecule has 2 aromatic rings. The van der Waals surface area contributed by atoms with Crippen LogP contribution in [-0.4, -0.2) is 9.78 Å². The van der Waals surface area contributed by atoms with Gasteiger partial charge in [-0.2, -0.15) is 5.10 Å². The normalized spacial score (nSPS) is 10.3. The van der Waals surface area contributed by atoms with Gasteiger partial charge in [0, 0.05) is 6.20 Å². The largest absolute Gasteiger partial charge is 0.471 e. The van der Waals surface area contributed by atoms with Gasteiger partial charge in [-0.05, 0) is 34.5 Å². The molecule has 3 nitrogen and oxygen atoms in total. The van der Waals surface area contributed by atoms with Crippen molar-refractivity contribution >= 4 is 15.9 Å². The molecule has 0 spiro atoms. The SMILES string of the molecule is Cc1ccccc1OCn1cc(Br)cn1. The molecule has 15 heavy (non-hydrogen) atoms. The van der Waals surface area contributed by atoms with E-state index in [0.717, 1.165) is 15.8 Å². The minimum absolute atomic E-state index is 0.427. The summed E-state index contributed by atoms with van der Waals surface area (Å²) in [6, 6.07) is 7.93. The van der Waals surface area contributed by atoms with Crippen LogP contribution in [0.3, 0.4) is 0 Å². The molecule has 2 rings (SSSR count). The number of hydrogen-bond acceptors (Lipinski definition) is 2. The van der Waals surface area contributed by atoms with Gasteiger partial charge in [-0.25, -0.2) is 4.68 Å². The smallest absolute Gasteiger partial charge is 0.180 e. The lowest BCUT2D eigenvalue weighted by Crippen LogP contribution is -2.05. The van der Waals surface area contributed by atoms with Gasteiger partial charge < -0.3 is 4.74 Å². The van der Waals surface area contributed by atoms with Crippen LogP contribution in [0.5, 0.6) is 5.75 Å². The summed E-state index contributed by atoms with van der Waals surface area (Å²) in [5.41, 5.74) is 1.13. The molecule has 0 aliphatic heterocycles. The third kappa shape index (κ3) is 2.59. The standard InChI is InChI=1S/C11H11BrN2O/c1-9-4-2-3-5-11(9)15-8-14-7-10(12)6-13-14/h2-7H,8H2,1H3. The molecule has 1 aromatic heterocycles. The van der Waals surface area contributed by atoms with Crippen molar-refractivity contribution in [3.05, 3.63) is 46.7 Å². The minimum atomic E-state index is 0.427. The summed E-state index contributed by atoms with van der Waals surface area (Å²) >= 11 is 3.33. The van der Waals surface area contributed by atoms with Gasteiger partial charge >= 0.3 is 0 Å². The molecule has 0 radical (unpaired) electrons. The second-order valence-electron chi connectivity index (χ2n) is 3.24. The van der Waals surface area contributed by atoms with E-state index in [2.05, 4.69) is 21.0 Å². The van der Waals surface area contributed by atoms with Crippen LogP contribution in [0.1, 0.15) is 5.56 Å². The highest BCUT2D eigenvalue weighted by Crippen LogP contribution is 2.16. The van der Waals surface area contributed by atoms with Crippen LogP contribution in [0, 0.1) is 6.92 Å². The molecule has 0 unspecified atom stereocenters. The average Bonchev–Trinajstić information content (AvgIpc) is 2.63. The molecule has 0 fully saturated rings. The van der Waals surface area contributed by atoms with E-state index < -0.39 is 0 Å². The van der Waals surface area contributed by atoms with Crippen molar-refractivity contribution in [3.8, 4) is 5.75 Å². The van der Waals surface area contributed by atoms with E-state index in [1.807, 2.05) is 37.4 Å². The van der Waals surface area contributed by atoms with Crippen LogP contribution in [0.25, 0.3) is 0 Å². The molecule has 1 heterocycles. The van der Waals surface area contributed by atoms with Crippen molar-refractivity contribution in [2.45, 2.75) is 13.7 Å². The monoisotopic (exact) mass is 266 g/mol. The number of hydrogen-bond donors (Lipinski definition) is 0. The molecule has 0 aliphatic rings. The summed E-state index contributed by atoms with van der Waals surface area (Å²) in [5.74, 6) is 0.893. The highest BCUT2D eigenvalue weighted by molar-refractivity contribution is 9.10. The lowest BCUT2D eigenvalue weighted by Gasteiger charge is -2.08. The second kappa shape index (κ2) is 4.49. The summed E-state index contributed by atoms with van der Waals surface area (Å²) in [6.45, 7) is 2.45. The molecule has 0 aliphatic carbocycles. The van der Waals surface area contributed by atoms with Crippen LogP contribution in [0.4, 0.5) is 0 Å². The molecule has 0 saturated carbocycles. The number of aryl methyl sites for hydroxylation is 1. The first kappa shape index (κ1) is 10.2.